The summed E-state index contributed by atoms with van der Waals surface area (Å²) in [5.41, 5.74) is 8.46. The minimum Gasteiger partial charge on any atom is -0.398 e. The molecule has 2 heteroatoms. The highest BCUT2D eigenvalue weighted by Gasteiger charge is 2.29. The third-order valence-corrected chi connectivity index (χ3v) is 4.04. The monoisotopic (exact) mass is 268 g/mol. The smallest absolute Gasteiger partial charge is 0.0366 e. The molecule has 106 valence electrons. The summed E-state index contributed by atoms with van der Waals surface area (Å²) in [5, 5.41) is 2.52. The van der Waals surface area contributed by atoms with Gasteiger partial charge in [-0.3, -0.25) is 4.90 Å². The molecule has 2 nitrogen and oxygen atoms in total. The van der Waals surface area contributed by atoms with Crippen LogP contribution in [0.25, 0.3) is 10.8 Å². The topological polar surface area (TPSA) is 29.3 Å². The van der Waals surface area contributed by atoms with Gasteiger partial charge >= 0.3 is 0 Å². The van der Waals surface area contributed by atoms with Crippen molar-refractivity contribution >= 4 is 16.5 Å². The summed E-state index contributed by atoms with van der Waals surface area (Å²) in [6.45, 7) is 6.73. The maximum atomic E-state index is 6.26. The Morgan fingerprint density at radius 1 is 1.15 bits per heavy atom. The highest BCUT2D eigenvalue weighted by Crippen LogP contribution is 2.31. The number of fused-ring (bicyclic) bond motifs is 1. The van der Waals surface area contributed by atoms with Gasteiger partial charge in [-0.1, -0.05) is 38.1 Å². The van der Waals surface area contributed by atoms with Crippen LogP contribution < -0.4 is 5.73 Å². The fraction of sp³-hybridized carbons (Fsp3) is 0.444. The van der Waals surface area contributed by atoms with Gasteiger partial charge in [-0.2, -0.15) is 0 Å². The van der Waals surface area contributed by atoms with Crippen LogP contribution in [0, 0.1) is 5.92 Å². The number of rotatable bonds is 5. The molecule has 0 aliphatic heterocycles. The second-order valence-electron chi connectivity index (χ2n) is 6.45. The summed E-state index contributed by atoms with van der Waals surface area (Å²) in [4.78, 5) is 2.60. The second-order valence-corrected chi connectivity index (χ2v) is 6.45. The fourth-order valence-electron chi connectivity index (χ4n) is 2.91. The van der Waals surface area contributed by atoms with Crippen LogP contribution in [-0.4, -0.2) is 17.5 Å². The first-order valence-electron chi connectivity index (χ1n) is 7.64. The molecule has 1 aliphatic rings. The third-order valence-electron chi connectivity index (χ3n) is 4.04. The maximum Gasteiger partial charge on any atom is 0.0366 e. The molecule has 0 unspecified atom stereocenters. The lowest BCUT2D eigenvalue weighted by Gasteiger charge is -2.25. The zero-order chi connectivity index (χ0) is 14.1. The minimum atomic E-state index is 0.706. The summed E-state index contributed by atoms with van der Waals surface area (Å²) in [6.07, 6.45) is 2.69. The average Bonchev–Trinajstić information content (AvgIpc) is 3.22. The van der Waals surface area contributed by atoms with Crippen LogP contribution in [0.1, 0.15) is 32.3 Å². The van der Waals surface area contributed by atoms with Gasteiger partial charge in [0.15, 0.2) is 0 Å². The highest BCUT2D eigenvalue weighted by atomic mass is 15.2. The Hall–Kier alpha value is -1.54. The van der Waals surface area contributed by atoms with E-state index in [9.17, 15) is 0 Å². The summed E-state index contributed by atoms with van der Waals surface area (Å²) >= 11 is 0. The molecular weight excluding hydrogens is 244 g/mol. The van der Waals surface area contributed by atoms with E-state index in [1.807, 2.05) is 0 Å². The number of anilines is 1. The van der Waals surface area contributed by atoms with Gasteiger partial charge in [-0.15, -0.1) is 0 Å². The van der Waals surface area contributed by atoms with E-state index in [2.05, 4.69) is 55.1 Å². The normalized spacial score (nSPS) is 15.4. The molecule has 20 heavy (non-hydrogen) atoms. The van der Waals surface area contributed by atoms with Crippen LogP contribution in [0.2, 0.25) is 0 Å². The molecule has 0 saturated heterocycles. The number of benzene rings is 2. The zero-order valence-corrected chi connectivity index (χ0v) is 12.5. The lowest BCUT2D eigenvalue weighted by atomic mass is 10.0. The Morgan fingerprint density at radius 3 is 2.40 bits per heavy atom. The van der Waals surface area contributed by atoms with Crippen LogP contribution in [-0.2, 0) is 6.54 Å². The zero-order valence-electron chi connectivity index (χ0n) is 12.5. The van der Waals surface area contributed by atoms with Crippen molar-refractivity contribution in [3.05, 3.63) is 42.0 Å². The van der Waals surface area contributed by atoms with Gasteiger partial charge in [0.1, 0.15) is 0 Å². The fourth-order valence-corrected chi connectivity index (χ4v) is 2.91. The first-order valence-corrected chi connectivity index (χ1v) is 7.64. The summed E-state index contributed by atoms with van der Waals surface area (Å²) in [5.74, 6) is 0.706. The van der Waals surface area contributed by atoms with Gasteiger partial charge in [0, 0.05) is 24.8 Å². The van der Waals surface area contributed by atoms with E-state index in [-0.39, 0.29) is 0 Å². The van der Waals surface area contributed by atoms with Crippen LogP contribution in [0.4, 0.5) is 5.69 Å². The Balaban J connectivity index is 1.86. The van der Waals surface area contributed by atoms with Gasteiger partial charge < -0.3 is 5.73 Å². The Bertz CT molecular complexity index is 599. The lowest BCUT2D eigenvalue weighted by molar-refractivity contribution is 0.226. The van der Waals surface area contributed by atoms with Crippen LogP contribution >= 0.6 is 0 Å². The van der Waals surface area contributed by atoms with E-state index >= 15 is 0 Å². The molecule has 0 bridgehead atoms. The number of nitrogens with two attached hydrogens (primary N) is 1. The molecule has 2 aromatic carbocycles. The number of hydrogen-bond donors (Lipinski definition) is 1. The van der Waals surface area contributed by atoms with Gasteiger partial charge in [-0.25, -0.2) is 0 Å². The highest BCUT2D eigenvalue weighted by molar-refractivity contribution is 5.86. The van der Waals surface area contributed by atoms with Crippen molar-refractivity contribution < 1.29 is 0 Å². The largest absolute Gasteiger partial charge is 0.398 e. The Labute approximate surface area is 121 Å². The van der Waals surface area contributed by atoms with Crippen molar-refractivity contribution in [1.29, 1.82) is 0 Å². The maximum absolute atomic E-state index is 6.26. The van der Waals surface area contributed by atoms with Gasteiger partial charge in [0.2, 0.25) is 0 Å². The molecule has 0 atom stereocenters. The van der Waals surface area contributed by atoms with Gasteiger partial charge in [0.05, 0.1) is 0 Å². The van der Waals surface area contributed by atoms with E-state index in [1.54, 1.807) is 0 Å². The first kappa shape index (κ1) is 13.4. The third kappa shape index (κ3) is 2.96. The molecule has 3 rings (SSSR count). The van der Waals surface area contributed by atoms with Gasteiger partial charge in [-0.05, 0) is 47.2 Å². The van der Waals surface area contributed by atoms with E-state index in [4.69, 9.17) is 5.73 Å². The summed E-state index contributed by atoms with van der Waals surface area (Å²) in [6, 6.07) is 13.6. The van der Waals surface area contributed by atoms with E-state index in [1.165, 1.54) is 29.2 Å². The van der Waals surface area contributed by atoms with Crippen molar-refractivity contribution in [1.82, 2.24) is 4.90 Å². The number of nitrogens with zero attached hydrogens (tertiary/aromatic N) is 1. The first-order chi connectivity index (χ1) is 9.63. The summed E-state index contributed by atoms with van der Waals surface area (Å²) in [7, 11) is 0. The minimum absolute atomic E-state index is 0.706. The summed E-state index contributed by atoms with van der Waals surface area (Å²) < 4.78 is 0. The van der Waals surface area contributed by atoms with E-state index in [0.717, 1.165) is 24.8 Å². The van der Waals surface area contributed by atoms with Gasteiger partial charge in [0.25, 0.3) is 0 Å². The Morgan fingerprint density at radius 2 is 1.80 bits per heavy atom. The molecule has 0 aromatic heterocycles. The molecule has 0 radical (unpaired) electrons. The predicted octanol–water partition coefficient (Wildman–Crippen LogP) is 4.04. The van der Waals surface area contributed by atoms with Crippen LogP contribution in [0.15, 0.2) is 36.4 Å². The quantitative estimate of drug-likeness (QED) is 0.829. The van der Waals surface area contributed by atoms with Crippen molar-refractivity contribution in [2.24, 2.45) is 5.92 Å². The van der Waals surface area contributed by atoms with Crippen molar-refractivity contribution in [2.75, 3.05) is 12.3 Å². The molecule has 1 fully saturated rings. The molecule has 0 spiro atoms. The molecule has 2 aromatic rings. The number of hydrogen-bond acceptors (Lipinski definition) is 2. The van der Waals surface area contributed by atoms with Crippen LogP contribution in [0.3, 0.4) is 0 Å². The predicted molar refractivity (Wildman–Crippen MR) is 86.6 cm³/mol. The average molecular weight is 268 g/mol. The second kappa shape index (κ2) is 5.45. The molecule has 1 saturated carbocycles. The SMILES string of the molecule is CC(C)CN(Cc1cc2ccccc2cc1N)C1CC1. The van der Waals surface area contributed by atoms with Crippen molar-refractivity contribution in [2.45, 2.75) is 39.3 Å². The van der Waals surface area contributed by atoms with E-state index in [0.29, 0.717) is 5.92 Å². The molecular formula is C18H24N2. The molecule has 1 aliphatic carbocycles. The lowest BCUT2D eigenvalue weighted by Crippen LogP contribution is -2.29. The number of nitrogen functional groups attached to an aromatic ring is 1. The molecule has 2 N–H and O–H groups in total. The Kier molecular flexibility index (Phi) is 3.66. The van der Waals surface area contributed by atoms with Crippen molar-refractivity contribution in [3.63, 3.8) is 0 Å². The van der Waals surface area contributed by atoms with Crippen LogP contribution in [0.5, 0.6) is 0 Å². The van der Waals surface area contributed by atoms with E-state index < -0.39 is 0 Å². The standard InChI is InChI=1S/C18H24N2/c1-13(2)11-20(17-7-8-17)12-16-9-14-5-3-4-6-15(14)10-18(16)19/h3-6,9-10,13,17H,7-8,11-12,19H2,1-2H3. The molecule has 0 amide bonds. The molecule has 0 heterocycles. The van der Waals surface area contributed by atoms with Crippen molar-refractivity contribution in [3.8, 4) is 0 Å².